The van der Waals surface area contributed by atoms with Gasteiger partial charge in [-0.05, 0) is 23.6 Å². The second-order valence-electron chi connectivity index (χ2n) is 6.10. The highest BCUT2D eigenvalue weighted by Crippen LogP contribution is 2.30. The van der Waals surface area contributed by atoms with Crippen molar-refractivity contribution in [3.63, 3.8) is 0 Å². The molecule has 0 spiro atoms. The highest BCUT2D eigenvalue weighted by Gasteiger charge is 2.36. The Balaban J connectivity index is 2.66. The minimum atomic E-state index is -4.70. The van der Waals surface area contributed by atoms with E-state index >= 15 is 0 Å². The molecule has 0 saturated carbocycles. The van der Waals surface area contributed by atoms with Crippen molar-refractivity contribution >= 4 is 20.7 Å². The number of rotatable bonds is 7. The van der Waals surface area contributed by atoms with Crippen LogP contribution in [-0.4, -0.2) is 38.6 Å². The van der Waals surface area contributed by atoms with E-state index in [4.69, 9.17) is 19.5 Å². The highest BCUT2D eigenvalue weighted by molar-refractivity contribution is 6.76. The van der Waals surface area contributed by atoms with Gasteiger partial charge in [0.15, 0.2) is 6.79 Å². The summed E-state index contributed by atoms with van der Waals surface area (Å²) in [5.74, 6) is -0.0373. The van der Waals surface area contributed by atoms with Gasteiger partial charge in [0.25, 0.3) is 0 Å². The summed E-state index contributed by atoms with van der Waals surface area (Å²) in [7, 11) is -3.42. The Morgan fingerprint density at radius 2 is 1.82 bits per heavy atom. The summed E-state index contributed by atoms with van der Waals surface area (Å²) in [4.78, 5) is 0. The van der Waals surface area contributed by atoms with Crippen molar-refractivity contribution in [3.8, 4) is 5.75 Å². The van der Waals surface area contributed by atoms with E-state index in [9.17, 15) is 13.2 Å². The zero-order valence-corrected chi connectivity index (χ0v) is 13.8. The molecule has 2 N–H and O–H groups in total. The summed E-state index contributed by atoms with van der Waals surface area (Å²) in [5.41, 5.74) is -1.75. The first-order chi connectivity index (χ1) is 10.0. The van der Waals surface area contributed by atoms with Crippen LogP contribution in [0.25, 0.3) is 0 Å². The van der Waals surface area contributed by atoms with Crippen LogP contribution < -0.4 is 10.2 Å². The predicted molar refractivity (Wildman–Crippen MR) is 80.9 cm³/mol. The maximum Gasteiger partial charge on any atom is 0.489 e. The maximum absolute atomic E-state index is 12.9. The number of hydrogen-bond donors (Lipinski definition) is 2. The molecule has 9 heteroatoms. The van der Waals surface area contributed by atoms with Crippen LogP contribution in [0.3, 0.4) is 0 Å². The number of hydrogen-bond acceptors (Lipinski definition) is 4. The first-order valence-corrected chi connectivity index (χ1v) is 10.5. The summed E-state index contributed by atoms with van der Waals surface area (Å²) in [6.45, 7) is 6.90. The Bertz CT molecular complexity index is 489. The minimum absolute atomic E-state index is 0.0373. The minimum Gasteiger partial charge on any atom is -0.468 e. The van der Waals surface area contributed by atoms with Crippen LogP contribution >= 0.6 is 0 Å². The molecule has 0 heterocycles. The molecule has 0 amide bonds. The van der Waals surface area contributed by atoms with Gasteiger partial charge in [0.2, 0.25) is 0 Å². The molecule has 0 aliphatic rings. The molecule has 0 atom stereocenters. The Morgan fingerprint density at radius 3 is 2.32 bits per heavy atom. The lowest BCUT2D eigenvalue weighted by Gasteiger charge is -2.16. The molecule has 22 heavy (non-hydrogen) atoms. The van der Waals surface area contributed by atoms with Gasteiger partial charge in [-0.2, -0.15) is 13.2 Å². The third-order valence-electron chi connectivity index (χ3n) is 2.91. The van der Waals surface area contributed by atoms with E-state index in [0.29, 0.717) is 6.61 Å². The molecule has 124 valence electrons. The van der Waals surface area contributed by atoms with Crippen LogP contribution in [0.1, 0.15) is 5.56 Å². The van der Waals surface area contributed by atoms with Gasteiger partial charge in [0.05, 0.1) is 5.56 Å². The van der Waals surface area contributed by atoms with E-state index in [1.54, 1.807) is 0 Å². The van der Waals surface area contributed by atoms with Crippen LogP contribution in [0.4, 0.5) is 13.2 Å². The number of alkyl halides is 3. The standard InChI is InChI=1S/C13H20BF3O4Si/c1-22(2,3)7-6-20-9-21-10-4-5-12(14(18)19)11(8-10)13(15,16)17/h4-5,8,18-19H,6-7,9H2,1-3H3. The average molecular weight is 336 g/mol. The zero-order valence-electron chi connectivity index (χ0n) is 12.8. The van der Waals surface area contributed by atoms with E-state index < -0.39 is 32.4 Å². The lowest BCUT2D eigenvalue weighted by molar-refractivity contribution is -0.137. The quantitative estimate of drug-likeness (QED) is 0.455. The Kier molecular flexibility index (Phi) is 6.48. The normalized spacial score (nSPS) is 12.4. The van der Waals surface area contributed by atoms with E-state index in [1.807, 2.05) is 0 Å². The SMILES string of the molecule is C[Si](C)(C)CCOCOc1ccc(B(O)O)c(C(F)(F)F)c1. The molecule has 0 unspecified atom stereocenters. The largest absolute Gasteiger partial charge is 0.489 e. The zero-order chi connectivity index (χ0) is 17.0. The van der Waals surface area contributed by atoms with Gasteiger partial charge in [0, 0.05) is 14.7 Å². The van der Waals surface area contributed by atoms with Gasteiger partial charge >= 0.3 is 13.3 Å². The molecule has 0 bridgehead atoms. The topological polar surface area (TPSA) is 58.9 Å². The molecule has 1 aromatic rings. The lowest BCUT2D eigenvalue weighted by atomic mass is 9.77. The van der Waals surface area contributed by atoms with E-state index in [-0.39, 0.29) is 12.5 Å². The van der Waals surface area contributed by atoms with E-state index in [0.717, 1.165) is 18.2 Å². The fourth-order valence-corrected chi connectivity index (χ4v) is 2.40. The second-order valence-corrected chi connectivity index (χ2v) is 11.7. The summed E-state index contributed by atoms with van der Waals surface area (Å²) in [5, 5.41) is 17.9. The molecular weight excluding hydrogens is 316 g/mol. The summed E-state index contributed by atoms with van der Waals surface area (Å²) >= 11 is 0. The molecule has 1 aromatic carbocycles. The summed E-state index contributed by atoms with van der Waals surface area (Å²) in [6.07, 6.45) is -4.70. The smallest absolute Gasteiger partial charge is 0.468 e. The summed E-state index contributed by atoms with van der Waals surface area (Å²) < 4.78 is 48.9. The average Bonchev–Trinajstić information content (AvgIpc) is 2.35. The van der Waals surface area contributed by atoms with Gasteiger partial charge in [-0.25, -0.2) is 0 Å². The molecule has 0 aliphatic carbocycles. The van der Waals surface area contributed by atoms with Gasteiger partial charge < -0.3 is 19.5 Å². The number of benzene rings is 1. The van der Waals surface area contributed by atoms with E-state index in [1.165, 1.54) is 6.07 Å². The van der Waals surface area contributed by atoms with Gasteiger partial charge in [-0.3, -0.25) is 0 Å². The molecule has 0 saturated heterocycles. The Morgan fingerprint density at radius 1 is 1.18 bits per heavy atom. The van der Waals surface area contributed by atoms with Crippen molar-refractivity contribution in [2.45, 2.75) is 31.9 Å². The number of ether oxygens (including phenoxy) is 2. The predicted octanol–water partition coefficient (Wildman–Crippen LogP) is 2.08. The molecule has 4 nitrogen and oxygen atoms in total. The van der Waals surface area contributed by atoms with Crippen LogP contribution in [0.2, 0.25) is 25.7 Å². The second kappa shape index (κ2) is 7.49. The molecule has 1 rings (SSSR count). The van der Waals surface area contributed by atoms with Gasteiger partial charge in [-0.15, -0.1) is 0 Å². The first kappa shape index (κ1) is 19.0. The first-order valence-electron chi connectivity index (χ1n) is 6.78. The van der Waals surface area contributed by atoms with Gasteiger partial charge in [-0.1, -0.05) is 25.7 Å². The highest BCUT2D eigenvalue weighted by atomic mass is 28.3. The third kappa shape index (κ3) is 6.39. The molecule has 0 fully saturated rings. The molecule has 0 radical (unpaired) electrons. The van der Waals surface area contributed by atoms with Crippen LogP contribution in [-0.2, 0) is 10.9 Å². The van der Waals surface area contributed by atoms with Crippen molar-refractivity contribution in [2.75, 3.05) is 13.4 Å². The lowest BCUT2D eigenvalue weighted by Crippen LogP contribution is -2.36. The van der Waals surface area contributed by atoms with Gasteiger partial charge in [0.1, 0.15) is 5.75 Å². The van der Waals surface area contributed by atoms with Crippen molar-refractivity contribution < 1.29 is 32.7 Å². The monoisotopic (exact) mass is 336 g/mol. The number of halogens is 3. The molecular formula is C13H20BF3O4Si. The van der Waals surface area contributed by atoms with Crippen molar-refractivity contribution in [1.29, 1.82) is 0 Å². The fraction of sp³-hybridized carbons (Fsp3) is 0.538. The Hall–Kier alpha value is -1.03. The fourth-order valence-electron chi connectivity index (χ4n) is 1.64. The van der Waals surface area contributed by atoms with Crippen LogP contribution in [0.5, 0.6) is 5.75 Å². The molecule has 0 aromatic heterocycles. The maximum atomic E-state index is 12.9. The summed E-state index contributed by atoms with van der Waals surface area (Å²) in [6, 6.07) is 3.88. The van der Waals surface area contributed by atoms with Crippen LogP contribution in [0, 0.1) is 0 Å². The molecule has 0 aliphatic heterocycles. The Labute approximate surface area is 129 Å². The van der Waals surface area contributed by atoms with Crippen molar-refractivity contribution in [1.82, 2.24) is 0 Å². The van der Waals surface area contributed by atoms with Crippen molar-refractivity contribution in [2.24, 2.45) is 0 Å². The van der Waals surface area contributed by atoms with Crippen molar-refractivity contribution in [3.05, 3.63) is 23.8 Å². The third-order valence-corrected chi connectivity index (χ3v) is 4.62. The van der Waals surface area contributed by atoms with E-state index in [2.05, 4.69) is 19.6 Å². The van der Waals surface area contributed by atoms with Crippen LogP contribution in [0.15, 0.2) is 18.2 Å².